The summed E-state index contributed by atoms with van der Waals surface area (Å²) in [7, 11) is 0. The van der Waals surface area contributed by atoms with E-state index in [4.69, 9.17) is 11.6 Å². The van der Waals surface area contributed by atoms with E-state index in [0.717, 1.165) is 24.9 Å². The van der Waals surface area contributed by atoms with Gasteiger partial charge < -0.3 is 10.0 Å². The van der Waals surface area contributed by atoms with E-state index in [1.54, 1.807) is 17.0 Å². The third-order valence-electron chi connectivity index (χ3n) is 3.41. The quantitative estimate of drug-likeness (QED) is 0.837. The van der Waals surface area contributed by atoms with Gasteiger partial charge in [-0.2, -0.15) is 0 Å². The van der Waals surface area contributed by atoms with Crippen LogP contribution in [0.2, 0.25) is 0 Å². The van der Waals surface area contributed by atoms with Gasteiger partial charge in [0.2, 0.25) is 0 Å². The van der Waals surface area contributed by atoms with Crippen LogP contribution in [0.15, 0.2) is 18.2 Å². The number of hydrogen-bond donors (Lipinski definition) is 1. The van der Waals surface area contributed by atoms with Crippen LogP contribution in [0.1, 0.15) is 28.8 Å². The van der Waals surface area contributed by atoms with E-state index >= 15 is 0 Å². The maximum absolute atomic E-state index is 12.3. The lowest BCUT2D eigenvalue weighted by Gasteiger charge is -2.32. The van der Waals surface area contributed by atoms with Crippen molar-refractivity contribution in [1.82, 2.24) is 4.90 Å². The molecule has 4 heteroatoms. The lowest BCUT2D eigenvalue weighted by atomic mass is 9.99. The molecule has 1 N–H and O–H groups in total. The molecular formula is C14H18ClNO2. The molecule has 1 atom stereocenters. The summed E-state index contributed by atoms with van der Waals surface area (Å²) in [4.78, 5) is 14.1. The molecular weight excluding hydrogens is 250 g/mol. The largest absolute Gasteiger partial charge is 0.507 e. The number of halogens is 1. The lowest BCUT2D eigenvalue weighted by molar-refractivity contribution is 0.0682. The molecule has 0 saturated carbocycles. The Hall–Kier alpha value is -1.22. The van der Waals surface area contributed by atoms with Crippen LogP contribution in [0.4, 0.5) is 0 Å². The number of alkyl halides is 1. The van der Waals surface area contributed by atoms with Crippen molar-refractivity contribution in [3.05, 3.63) is 29.3 Å². The number of amides is 1. The third-order valence-corrected chi connectivity index (χ3v) is 3.84. The molecule has 3 nitrogen and oxygen atoms in total. The molecule has 1 aromatic rings. The molecule has 0 radical (unpaired) electrons. The highest BCUT2D eigenvalue weighted by atomic mass is 35.5. The van der Waals surface area contributed by atoms with Gasteiger partial charge in [-0.3, -0.25) is 4.79 Å². The zero-order chi connectivity index (χ0) is 13.1. The zero-order valence-electron chi connectivity index (χ0n) is 10.5. The Morgan fingerprint density at radius 2 is 2.33 bits per heavy atom. The van der Waals surface area contributed by atoms with Crippen LogP contribution in [0, 0.1) is 12.8 Å². The van der Waals surface area contributed by atoms with Gasteiger partial charge >= 0.3 is 0 Å². The van der Waals surface area contributed by atoms with Gasteiger partial charge in [-0.1, -0.05) is 6.07 Å². The average molecular weight is 268 g/mol. The van der Waals surface area contributed by atoms with Crippen molar-refractivity contribution in [2.24, 2.45) is 5.92 Å². The van der Waals surface area contributed by atoms with Crippen molar-refractivity contribution in [1.29, 1.82) is 0 Å². The van der Waals surface area contributed by atoms with E-state index in [1.165, 1.54) is 0 Å². The lowest BCUT2D eigenvalue weighted by Crippen LogP contribution is -2.40. The number of aryl methyl sites for hydroxylation is 1. The molecule has 1 fully saturated rings. The molecule has 1 heterocycles. The van der Waals surface area contributed by atoms with Crippen molar-refractivity contribution in [2.45, 2.75) is 19.8 Å². The summed E-state index contributed by atoms with van der Waals surface area (Å²) >= 11 is 5.86. The van der Waals surface area contributed by atoms with Crippen molar-refractivity contribution in [3.63, 3.8) is 0 Å². The first-order chi connectivity index (χ1) is 8.61. The molecule has 0 aromatic heterocycles. The normalized spacial score (nSPS) is 19.9. The fraction of sp³-hybridized carbons (Fsp3) is 0.500. The fourth-order valence-corrected chi connectivity index (χ4v) is 2.62. The number of carbonyl (C=O) groups excluding carboxylic acids is 1. The SMILES string of the molecule is Cc1ccc(C(=O)N2CCCC(CCl)C2)c(O)c1. The highest BCUT2D eigenvalue weighted by molar-refractivity contribution is 6.18. The number of nitrogens with zero attached hydrogens (tertiary/aromatic N) is 1. The average Bonchev–Trinajstić information content (AvgIpc) is 2.38. The monoisotopic (exact) mass is 267 g/mol. The Labute approximate surface area is 112 Å². The summed E-state index contributed by atoms with van der Waals surface area (Å²) in [5.74, 6) is 0.927. The smallest absolute Gasteiger partial charge is 0.257 e. The summed E-state index contributed by atoms with van der Waals surface area (Å²) < 4.78 is 0. The van der Waals surface area contributed by atoms with E-state index in [2.05, 4.69) is 0 Å². The first kappa shape index (κ1) is 13.2. The van der Waals surface area contributed by atoms with Gasteiger partial charge in [0.1, 0.15) is 5.75 Å². The number of piperidine rings is 1. The molecule has 1 aromatic carbocycles. The number of likely N-dealkylation sites (tertiary alicyclic amines) is 1. The molecule has 0 spiro atoms. The second-order valence-corrected chi connectivity index (χ2v) is 5.24. The first-order valence-corrected chi connectivity index (χ1v) is 6.80. The van der Waals surface area contributed by atoms with E-state index < -0.39 is 0 Å². The highest BCUT2D eigenvalue weighted by Crippen LogP contribution is 2.24. The second kappa shape index (κ2) is 5.61. The van der Waals surface area contributed by atoms with Crippen LogP contribution in [0.3, 0.4) is 0 Å². The predicted molar refractivity (Wildman–Crippen MR) is 72.2 cm³/mol. The van der Waals surface area contributed by atoms with Crippen LogP contribution in [0.25, 0.3) is 0 Å². The van der Waals surface area contributed by atoms with Crippen molar-refractivity contribution < 1.29 is 9.90 Å². The van der Waals surface area contributed by atoms with Crippen molar-refractivity contribution in [2.75, 3.05) is 19.0 Å². The number of aromatic hydroxyl groups is 1. The maximum atomic E-state index is 12.3. The summed E-state index contributed by atoms with van der Waals surface area (Å²) in [5, 5.41) is 9.84. The molecule has 1 saturated heterocycles. The Morgan fingerprint density at radius 3 is 3.00 bits per heavy atom. The minimum absolute atomic E-state index is 0.0630. The highest BCUT2D eigenvalue weighted by Gasteiger charge is 2.25. The Balaban J connectivity index is 2.15. The predicted octanol–water partition coefficient (Wildman–Crippen LogP) is 2.79. The molecule has 0 aliphatic carbocycles. The summed E-state index contributed by atoms with van der Waals surface area (Å²) in [6.07, 6.45) is 2.06. The number of phenolic OH excluding ortho intramolecular Hbond substituents is 1. The van der Waals surface area contributed by atoms with Gasteiger partial charge in [0.25, 0.3) is 5.91 Å². The molecule has 2 rings (SSSR count). The van der Waals surface area contributed by atoms with Crippen molar-refractivity contribution in [3.8, 4) is 5.75 Å². The number of benzene rings is 1. The minimum atomic E-state index is -0.0951. The van der Waals surface area contributed by atoms with Crippen LogP contribution in [-0.2, 0) is 0 Å². The van der Waals surface area contributed by atoms with E-state index in [0.29, 0.717) is 23.9 Å². The van der Waals surface area contributed by atoms with Gasteiger partial charge in [-0.15, -0.1) is 11.6 Å². The second-order valence-electron chi connectivity index (χ2n) is 4.93. The van der Waals surface area contributed by atoms with Gasteiger partial charge in [0, 0.05) is 19.0 Å². The molecule has 98 valence electrons. The molecule has 1 aliphatic rings. The van der Waals surface area contributed by atoms with Crippen LogP contribution < -0.4 is 0 Å². The zero-order valence-corrected chi connectivity index (χ0v) is 11.3. The number of hydrogen-bond acceptors (Lipinski definition) is 2. The number of phenols is 1. The Bertz CT molecular complexity index is 447. The summed E-state index contributed by atoms with van der Waals surface area (Å²) in [5.41, 5.74) is 1.33. The van der Waals surface area contributed by atoms with Gasteiger partial charge in [0.05, 0.1) is 5.56 Å². The molecule has 1 aliphatic heterocycles. The third kappa shape index (κ3) is 2.78. The minimum Gasteiger partial charge on any atom is -0.507 e. The Morgan fingerprint density at radius 1 is 1.56 bits per heavy atom. The Kier molecular flexibility index (Phi) is 4.12. The topological polar surface area (TPSA) is 40.5 Å². The van der Waals surface area contributed by atoms with Crippen LogP contribution >= 0.6 is 11.6 Å². The molecule has 18 heavy (non-hydrogen) atoms. The van der Waals surface area contributed by atoms with Crippen LogP contribution in [0.5, 0.6) is 5.75 Å². The van der Waals surface area contributed by atoms with E-state index in [-0.39, 0.29) is 11.7 Å². The van der Waals surface area contributed by atoms with E-state index in [1.807, 2.05) is 13.0 Å². The summed E-state index contributed by atoms with van der Waals surface area (Å²) in [6.45, 7) is 3.33. The molecule has 1 unspecified atom stereocenters. The summed E-state index contributed by atoms with van der Waals surface area (Å²) in [6, 6.07) is 5.16. The van der Waals surface area contributed by atoms with Crippen LogP contribution in [-0.4, -0.2) is 34.9 Å². The number of carbonyl (C=O) groups is 1. The maximum Gasteiger partial charge on any atom is 0.257 e. The fourth-order valence-electron chi connectivity index (χ4n) is 2.37. The molecule has 1 amide bonds. The van der Waals surface area contributed by atoms with Gasteiger partial charge in [0.15, 0.2) is 0 Å². The van der Waals surface area contributed by atoms with Gasteiger partial charge in [-0.05, 0) is 43.4 Å². The standard InChI is InChI=1S/C14H18ClNO2/c1-10-4-5-12(13(17)7-10)14(18)16-6-2-3-11(8-15)9-16/h4-5,7,11,17H,2-3,6,8-9H2,1H3. The molecule has 0 bridgehead atoms. The van der Waals surface area contributed by atoms with Crippen molar-refractivity contribution >= 4 is 17.5 Å². The van der Waals surface area contributed by atoms with Gasteiger partial charge in [-0.25, -0.2) is 0 Å². The van der Waals surface area contributed by atoms with E-state index in [9.17, 15) is 9.90 Å². The first-order valence-electron chi connectivity index (χ1n) is 6.26. The number of rotatable bonds is 2.